The Labute approximate surface area is 55.0 Å². The van der Waals surface area contributed by atoms with Crippen molar-refractivity contribution in [3.05, 3.63) is 35.8 Å². The lowest BCUT2D eigenvalue weighted by Gasteiger charge is -1.82. The molecule has 0 heterocycles. The minimum Gasteiger partial charge on any atom is -0.0622 e. The van der Waals surface area contributed by atoms with Gasteiger partial charge in [0.15, 0.2) is 0 Å². The Bertz CT molecular complexity index is 375. The van der Waals surface area contributed by atoms with Crippen molar-refractivity contribution in [3.63, 3.8) is 0 Å². The molecule has 0 fully saturated rings. The highest BCUT2D eigenvalue weighted by Crippen LogP contribution is 1.92. The monoisotopic (exact) mass is 100 g/mol. The maximum absolute atomic E-state index is 7.36. The summed E-state index contributed by atoms with van der Waals surface area (Å²) in [4.78, 5) is 0. The molecular formula is C7H8. The van der Waals surface area contributed by atoms with E-state index in [0.29, 0.717) is 0 Å². The molecule has 0 radical (unpaired) electrons. The van der Waals surface area contributed by atoms with Gasteiger partial charge in [-0.2, -0.15) is 0 Å². The molecule has 1 aromatic carbocycles. The first kappa shape index (κ1) is 0.838. The van der Waals surface area contributed by atoms with Gasteiger partial charge in [0.25, 0.3) is 0 Å². The number of benzene rings is 1. The highest BCUT2D eigenvalue weighted by atomic mass is 13.8. The van der Waals surface area contributed by atoms with Crippen LogP contribution in [0.4, 0.5) is 0 Å². The molecule has 36 valence electrons. The minimum absolute atomic E-state index is 0.585. The van der Waals surface area contributed by atoms with E-state index in [2.05, 4.69) is 0 Å². The van der Waals surface area contributed by atoms with Gasteiger partial charge in [-0.25, -0.2) is 0 Å². The molecule has 0 heteroatoms. The van der Waals surface area contributed by atoms with Gasteiger partial charge in [0.2, 0.25) is 0 Å². The molecule has 0 aliphatic rings. The van der Waals surface area contributed by atoms with E-state index in [1.165, 1.54) is 0 Å². The van der Waals surface area contributed by atoms with Crippen LogP contribution in [0.15, 0.2) is 30.2 Å². The number of rotatable bonds is 0. The lowest BCUT2D eigenvalue weighted by molar-refractivity contribution is 1.48. The summed E-state index contributed by atoms with van der Waals surface area (Å²) in [7, 11) is 0. The van der Waals surface area contributed by atoms with Crippen LogP contribution in [0.25, 0.3) is 0 Å². The van der Waals surface area contributed by atoms with Crippen LogP contribution in [0.1, 0.15) is 16.5 Å². The summed E-state index contributed by atoms with van der Waals surface area (Å²) >= 11 is 0. The molecule has 0 aliphatic carbocycles. The van der Waals surface area contributed by atoms with Crippen LogP contribution < -0.4 is 0 Å². The third-order valence-electron chi connectivity index (χ3n) is 0.500. The van der Waals surface area contributed by atoms with Crippen LogP contribution in [-0.2, 0) is 0 Å². The molecule has 0 nitrogen and oxygen atoms in total. The first-order valence-corrected chi connectivity index (χ1v) is 1.75. The largest absolute Gasteiger partial charge is 0.0625 e. The Morgan fingerprint density at radius 2 is 2.14 bits per heavy atom. The Balaban J connectivity index is 3.68. The molecular weight excluding hydrogens is 84.1 g/mol. The second-order valence-corrected chi connectivity index (χ2v) is 1.00. The normalized spacial score (nSPS) is 26.9. The van der Waals surface area contributed by atoms with Gasteiger partial charge in [-0.1, -0.05) is 35.8 Å². The van der Waals surface area contributed by atoms with Crippen molar-refractivity contribution in [1.82, 2.24) is 0 Å². The summed E-state index contributed by atoms with van der Waals surface area (Å²) in [5.74, 6) is 0. The highest BCUT2D eigenvalue weighted by Gasteiger charge is 1.72. The topological polar surface area (TPSA) is 0 Å². The van der Waals surface area contributed by atoms with E-state index in [-0.39, 0.29) is 0 Å². The van der Waals surface area contributed by atoms with Crippen LogP contribution in [0, 0.1) is 6.85 Å². The molecule has 0 spiro atoms. The van der Waals surface area contributed by atoms with Crippen LogP contribution in [0.5, 0.6) is 0 Å². The van der Waals surface area contributed by atoms with E-state index in [1.54, 1.807) is 0 Å². The number of hydrogen-bond acceptors (Lipinski definition) is 0. The Kier molecular flexibility index (Phi) is 0.214. The predicted octanol–water partition coefficient (Wildman–Crippen LogP) is 2.00. The standard InChI is InChI=1S/C7H8/c1-7-5-3-2-4-6-7/h2-6H,1H3/i1D3,2D,3D,4D,5D,6D. The molecule has 0 aliphatic heterocycles. The van der Waals surface area contributed by atoms with E-state index < -0.39 is 42.6 Å². The summed E-state index contributed by atoms with van der Waals surface area (Å²) in [6, 6.07) is -3.16. The summed E-state index contributed by atoms with van der Waals surface area (Å²) in [5.41, 5.74) is -0.631. The van der Waals surface area contributed by atoms with Crippen molar-refractivity contribution in [2.75, 3.05) is 0 Å². The van der Waals surface area contributed by atoms with Gasteiger partial charge < -0.3 is 0 Å². The van der Waals surface area contributed by atoms with Crippen LogP contribution in [0.2, 0.25) is 0 Å². The third kappa shape index (κ3) is 1.04. The van der Waals surface area contributed by atoms with Crippen molar-refractivity contribution >= 4 is 0 Å². The first-order valence-electron chi connectivity index (χ1n) is 5.75. The average Bonchev–Trinajstić information content (AvgIpc) is 2.09. The zero-order chi connectivity index (χ0) is 12.0. The molecule has 7 heavy (non-hydrogen) atoms. The van der Waals surface area contributed by atoms with Crippen LogP contribution in [-0.4, -0.2) is 0 Å². The van der Waals surface area contributed by atoms with Crippen molar-refractivity contribution in [3.8, 4) is 0 Å². The molecule has 0 saturated carbocycles. The van der Waals surface area contributed by atoms with Gasteiger partial charge in [0.1, 0.15) is 0 Å². The van der Waals surface area contributed by atoms with E-state index in [1.807, 2.05) is 0 Å². The lowest BCUT2D eigenvalue weighted by atomic mass is 10.2. The zero-order valence-electron chi connectivity index (χ0n) is 11.5. The summed E-state index contributed by atoms with van der Waals surface area (Å²) in [6.07, 6.45) is 0. The molecule has 1 rings (SSSR count). The highest BCUT2D eigenvalue weighted by molar-refractivity contribution is 5.11. The molecule has 0 aromatic heterocycles. The fourth-order valence-corrected chi connectivity index (χ4v) is 0.250. The minimum atomic E-state index is -2.70. The lowest BCUT2D eigenvalue weighted by Crippen LogP contribution is -1.62. The van der Waals surface area contributed by atoms with Crippen molar-refractivity contribution < 1.29 is 11.0 Å². The van der Waals surface area contributed by atoms with E-state index in [4.69, 9.17) is 11.0 Å². The van der Waals surface area contributed by atoms with E-state index in [9.17, 15) is 0 Å². The SMILES string of the molecule is [2H]c1c([2H])c([2H])c(C([2H])([2H])[2H])c([2H])c1[2H]. The number of hydrogen-bond donors (Lipinski definition) is 0. The van der Waals surface area contributed by atoms with Crippen LogP contribution in [0.3, 0.4) is 0 Å². The summed E-state index contributed by atoms with van der Waals surface area (Å²) in [5, 5.41) is 0. The third-order valence-corrected chi connectivity index (χ3v) is 0.500. The fourth-order valence-electron chi connectivity index (χ4n) is 0.250. The first-order chi connectivity index (χ1) is 6.68. The molecule has 0 atom stereocenters. The molecule has 0 bridgehead atoms. The maximum Gasteiger partial charge on any atom is 0.0625 e. The predicted molar refractivity (Wildman–Crippen MR) is 31.2 cm³/mol. The van der Waals surface area contributed by atoms with E-state index in [0.717, 1.165) is 0 Å². The van der Waals surface area contributed by atoms with Crippen molar-refractivity contribution in [1.29, 1.82) is 0 Å². The van der Waals surface area contributed by atoms with Crippen LogP contribution >= 0.6 is 0 Å². The van der Waals surface area contributed by atoms with Crippen molar-refractivity contribution in [2.45, 2.75) is 6.85 Å². The van der Waals surface area contributed by atoms with E-state index >= 15 is 0 Å². The maximum atomic E-state index is 7.36. The molecule has 1 aromatic rings. The second kappa shape index (κ2) is 1.78. The summed E-state index contributed by atoms with van der Waals surface area (Å²) in [6.45, 7) is -2.70. The Hall–Kier alpha value is -0.780. The van der Waals surface area contributed by atoms with Gasteiger partial charge in [0.05, 0.1) is 6.85 Å². The van der Waals surface area contributed by atoms with Gasteiger partial charge in [-0.05, 0) is 6.85 Å². The second-order valence-electron chi connectivity index (χ2n) is 1.00. The molecule has 0 unspecified atom stereocenters. The van der Waals surface area contributed by atoms with Gasteiger partial charge in [-0.3, -0.25) is 0 Å². The Morgan fingerprint density at radius 1 is 1.43 bits per heavy atom. The van der Waals surface area contributed by atoms with Gasteiger partial charge >= 0.3 is 0 Å². The van der Waals surface area contributed by atoms with Crippen molar-refractivity contribution in [2.24, 2.45) is 0 Å². The average molecular weight is 100 g/mol. The quantitative estimate of drug-likeness (QED) is 0.467. The van der Waals surface area contributed by atoms with Gasteiger partial charge in [0, 0.05) is 4.11 Å². The van der Waals surface area contributed by atoms with Gasteiger partial charge in [-0.15, -0.1) is 0 Å². The Morgan fingerprint density at radius 3 is 2.71 bits per heavy atom. The molecule has 0 N–H and O–H groups in total. The smallest absolute Gasteiger partial charge is 0.0622 e. The molecule has 0 amide bonds. The fraction of sp³-hybridized carbons (Fsp3) is 0.143. The summed E-state index contributed by atoms with van der Waals surface area (Å²) < 4.78 is 57.7. The zero-order valence-corrected chi connectivity index (χ0v) is 3.50. The molecule has 0 saturated heterocycles.